The predicted molar refractivity (Wildman–Crippen MR) is 119 cm³/mol. The van der Waals surface area contributed by atoms with Gasteiger partial charge < -0.3 is 9.69 Å². The number of carbonyl (C=O) groups excluding carboxylic acids is 3. The van der Waals surface area contributed by atoms with Crippen LogP contribution < -0.4 is 9.62 Å². The number of Topliss-reactive ketones (excluding diaryl/α,β-unsaturated/α-hetero) is 1. The summed E-state index contributed by atoms with van der Waals surface area (Å²) >= 11 is 1.42. The summed E-state index contributed by atoms with van der Waals surface area (Å²) in [6, 6.07) is 19.1. The lowest BCUT2D eigenvalue weighted by Crippen LogP contribution is -2.45. The Balaban J connectivity index is 1.58. The largest absolute Gasteiger partial charge is 0.308 e. The van der Waals surface area contributed by atoms with Gasteiger partial charge in [-0.2, -0.15) is 0 Å². The fourth-order valence-corrected chi connectivity index (χ4v) is 5.53. The summed E-state index contributed by atoms with van der Waals surface area (Å²) < 4.78 is 3.11. The summed E-state index contributed by atoms with van der Waals surface area (Å²) in [7, 11) is 0. The highest BCUT2D eigenvalue weighted by molar-refractivity contribution is 7.97. The number of hydrogen-bond acceptors (Lipinski definition) is 5. The average Bonchev–Trinajstić information content (AvgIpc) is 3.47. The van der Waals surface area contributed by atoms with Gasteiger partial charge >= 0.3 is 0 Å². The lowest BCUT2D eigenvalue weighted by molar-refractivity contribution is -0.133. The first-order chi connectivity index (χ1) is 14.7. The van der Waals surface area contributed by atoms with Crippen LogP contribution in [0.15, 0.2) is 60.7 Å². The third kappa shape index (κ3) is 4.35. The number of benzene rings is 2. The predicted octanol–water partition coefficient (Wildman–Crippen LogP) is 3.64. The Hall–Kier alpha value is -2.44. The number of rotatable bonds is 7. The second-order valence-corrected chi connectivity index (χ2v) is 8.86. The molecule has 0 bridgehead atoms. The first-order valence-electron chi connectivity index (χ1n) is 10.5. The van der Waals surface area contributed by atoms with Gasteiger partial charge in [-0.15, -0.1) is 0 Å². The maximum atomic E-state index is 13.7. The molecule has 2 aliphatic rings. The highest BCUT2D eigenvalue weighted by atomic mass is 32.2. The second kappa shape index (κ2) is 9.58. The Bertz CT molecular complexity index is 890. The van der Waals surface area contributed by atoms with Crippen molar-refractivity contribution in [1.29, 1.82) is 0 Å². The highest BCUT2D eigenvalue weighted by Crippen LogP contribution is 2.38. The molecule has 30 heavy (non-hydrogen) atoms. The fraction of sp³-hybridized carbons (Fsp3) is 0.375. The van der Waals surface area contributed by atoms with Gasteiger partial charge in [-0.3, -0.25) is 14.3 Å². The van der Waals surface area contributed by atoms with Crippen LogP contribution in [0.2, 0.25) is 0 Å². The molecular weight excluding hydrogens is 396 g/mol. The third-order valence-electron chi connectivity index (χ3n) is 6.11. The first-order valence-corrected chi connectivity index (χ1v) is 11.4. The minimum Gasteiger partial charge on any atom is -0.308 e. The molecule has 4 rings (SSSR count). The summed E-state index contributed by atoms with van der Waals surface area (Å²) in [5.41, 5.74) is 1.88. The molecule has 6 heteroatoms. The molecule has 4 atom stereocenters. The number of anilines is 1. The van der Waals surface area contributed by atoms with Crippen LogP contribution in [0.25, 0.3) is 0 Å². The van der Waals surface area contributed by atoms with Crippen LogP contribution in [0, 0.1) is 17.8 Å². The van der Waals surface area contributed by atoms with Crippen LogP contribution in [0.1, 0.15) is 24.8 Å². The molecule has 0 radical (unpaired) electrons. The van der Waals surface area contributed by atoms with Crippen molar-refractivity contribution >= 4 is 35.6 Å². The summed E-state index contributed by atoms with van der Waals surface area (Å²) in [6.45, 7) is 0.468. The van der Waals surface area contributed by atoms with E-state index in [0.29, 0.717) is 25.1 Å². The molecule has 5 nitrogen and oxygen atoms in total. The van der Waals surface area contributed by atoms with Gasteiger partial charge in [0.2, 0.25) is 5.91 Å². The van der Waals surface area contributed by atoms with Crippen LogP contribution in [0.5, 0.6) is 0 Å². The fourth-order valence-electron chi connectivity index (χ4n) is 4.50. The van der Waals surface area contributed by atoms with Crippen molar-refractivity contribution in [3.8, 4) is 0 Å². The van der Waals surface area contributed by atoms with Gasteiger partial charge in [-0.05, 0) is 30.5 Å². The van der Waals surface area contributed by atoms with Crippen molar-refractivity contribution in [2.45, 2.75) is 31.8 Å². The van der Waals surface area contributed by atoms with Crippen LogP contribution in [0.3, 0.4) is 0 Å². The topological polar surface area (TPSA) is 66.5 Å². The van der Waals surface area contributed by atoms with Crippen LogP contribution in [0.4, 0.5) is 5.69 Å². The van der Waals surface area contributed by atoms with Crippen molar-refractivity contribution in [2.24, 2.45) is 17.8 Å². The summed E-state index contributed by atoms with van der Waals surface area (Å²) in [4.78, 5) is 40.1. The number of nitrogens with zero attached hydrogens (tertiary/aromatic N) is 1. The first kappa shape index (κ1) is 20.8. The van der Waals surface area contributed by atoms with E-state index in [2.05, 4.69) is 4.72 Å². The number of carbonyl (C=O) groups is 3. The number of ketones is 1. The van der Waals surface area contributed by atoms with Gasteiger partial charge in [0.15, 0.2) is 5.78 Å². The maximum absolute atomic E-state index is 13.7. The summed E-state index contributed by atoms with van der Waals surface area (Å²) in [6.07, 6.45) is 3.13. The Morgan fingerprint density at radius 3 is 2.37 bits per heavy atom. The normalized spacial score (nSPS) is 25.7. The molecule has 1 saturated heterocycles. The molecule has 2 aromatic carbocycles. The Morgan fingerprint density at radius 1 is 1.00 bits per heavy atom. The van der Waals surface area contributed by atoms with Crippen LogP contribution in [-0.4, -0.2) is 29.8 Å². The zero-order valence-corrected chi connectivity index (χ0v) is 17.6. The zero-order valence-electron chi connectivity index (χ0n) is 16.8. The maximum Gasteiger partial charge on any atom is 0.231 e. The van der Waals surface area contributed by atoms with Crippen molar-refractivity contribution in [3.63, 3.8) is 0 Å². The molecule has 1 aliphatic carbocycles. The molecule has 1 N–H and O–H groups in total. The van der Waals surface area contributed by atoms with Crippen molar-refractivity contribution < 1.29 is 14.4 Å². The van der Waals surface area contributed by atoms with E-state index >= 15 is 0 Å². The van der Waals surface area contributed by atoms with Crippen LogP contribution >= 0.6 is 11.9 Å². The molecular formula is C24H26N2O3S. The lowest BCUT2D eigenvalue weighted by atomic mass is 9.84. The van der Waals surface area contributed by atoms with E-state index in [0.717, 1.165) is 24.0 Å². The number of amides is 1. The van der Waals surface area contributed by atoms with E-state index < -0.39 is 6.04 Å². The number of hydrogen-bond donors (Lipinski definition) is 1. The third-order valence-corrected chi connectivity index (χ3v) is 7.08. The number of para-hydroxylation sites is 1. The van der Waals surface area contributed by atoms with E-state index in [-0.39, 0.29) is 29.4 Å². The van der Waals surface area contributed by atoms with Gasteiger partial charge in [0.05, 0.1) is 12.6 Å². The molecule has 156 valence electrons. The van der Waals surface area contributed by atoms with Gasteiger partial charge in [-0.25, -0.2) is 0 Å². The van der Waals surface area contributed by atoms with Crippen molar-refractivity contribution in [3.05, 3.63) is 66.2 Å². The monoisotopic (exact) mass is 422 g/mol. The number of nitrogens with one attached hydrogen (secondary N) is 1. The van der Waals surface area contributed by atoms with Crippen LogP contribution in [-0.2, 0) is 20.9 Å². The molecule has 2 aromatic rings. The molecule has 1 saturated carbocycles. The van der Waals surface area contributed by atoms with Crippen molar-refractivity contribution in [2.75, 3.05) is 10.7 Å². The van der Waals surface area contributed by atoms with E-state index in [1.807, 2.05) is 60.7 Å². The minimum atomic E-state index is -0.481. The van der Waals surface area contributed by atoms with Crippen molar-refractivity contribution in [1.82, 2.24) is 4.72 Å². The quantitative estimate of drug-likeness (QED) is 0.545. The van der Waals surface area contributed by atoms with Gasteiger partial charge in [0, 0.05) is 29.2 Å². The molecule has 0 aromatic heterocycles. The standard InChI is InChI=1S/C24H26N2O3S/c27-15-18-16-30-25-22(18)23(28)20-12-7-13-21(20)24(29)26(19-10-5-2-6-11-19)14-17-8-3-1-4-9-17/h1-6,8-11,15,18,20-22,25H,7,12-14,16H2/t18-,20?,21-,22?/m1/s1. The van der Waals surface area contributed by atoms with E-state index in [1.54, 1.807) is 4.90 Å². The zero-order chi connectivity index (χ0) is 20.9. The molecule has 2 unspecified atom stereocenters. The number of aldehydes is 1. The summed E-state index contributed by atoms with van der Waals surface area (Å²) in [5, 5.41) is 0. The van der Waals surface area contributed by atoms with E-state index in [9.17, 15) is 14.4 Å². The molecule has 1 heterocycles. The van der Waals surface area contributed by atoms with E-state index in [4.69, 9.17) is 0 Å². The van der Waals surface area contributed by atoms with Gasteiger partial charge in [0.1, 0.15) is 6.29 Å². The average molecular weight is 423 g/mol. The highest BCUT2D eigenvalue weighted by Gasteiger charge is 2.45. The molecule has 0 spiro atoms. The second-order valence-electron chi connectivity index (χ2n) is 8.00. The summed E-state index contributed by atoms with van der Waals surface area (Å²) in [5.74, 6) is -0.377. The Morgan fingerprint density at radius 2 is 1.67 bits per heavy atom. The Labute approximate surface area is 181 Å². The van der Waals surface area contributed by atoms with Gasteiger partial charge in [0.25, 0.3) is 0 Å². The van der Waals surface area contributed by atoms with E-state index in [1.165, 1.54) is 11.9 Å². The molecule has 2 fully saturated rings. The smallest absolute Gasteiger partial charge is 0.231 e. The lowest BCUT2D eigenvalue weighted by Gasteiger charge is -2.29. The van der Waals surface area contributed by atoms with Gasteiger partial charge in [-0.1, -0.05) is 66.9 Å². The SMILES string of the molecule is O=C[C@@H]1CSNC1C(=O)C1CCC[C@H]1C(=O)N(Cc1ccccc1)c1ccccc1. The Kier molecular flexibility index (Phi) is 6.65. The molecule has 1 aliphatic heterocycles. The minimum absolute atomic E-state index is 0.00536. The molecule has 1 amide bonds.